The van der Waals surface area contributed by atoms with Gasteiger partial charge in [0.15, 0.2) is 0 Å². The lowest BCUT2D eigenvalue weighted by atomic mass is 9.98. The molecule has 0 spiro atoms. The number of carboxylic acid groups (broad SMARTS) is 1. The van der Waals surface area contributed by atoms with Crippen molar-refractivity contribution in [2.24, 2.45) is 11.8 Å². The molecule has 2 unspecified atom stereocenters. The van der Waals surface area contributed by atoms with Gasteiger partial charge in [0.2, 0.25) is 10.0 Å². The third-order valence-electron chi connectivity index (χ3n) is 5.35. The van der Waals surface area contributed by atoms with Gasteiger partial charge in [-0.2, -0.15) is 0 Å². The number of nitrogens with one attached hydrogen (secondary N) is 1. The van der Waals surface area contributed by atoms with Gasteiger partial charge in [0.05, 0.1) is 5.75 Å². The number of hydrogen-bond acceptors (Lipinski definition) is 3. The van der Waals surface area contributed by atoms with Gasteiger partial charge in [0, 0.05) is 28.4 Å². The molecule has 0 radical (unpaired) electrons. The summed E-state index contributed by atoms with van der Waals surface area (Å²) in [5, 5.41) is 8.68. The van der Waals surface area contributed by atoms with Crippen molar-refractivity contribution in [3.05, 3.63) is 69.9 Å². The number of benzene rings is 1. The van der Waals surface area contributed by atoms with E-state index in [1.54, 1.807) is 0 Å². The Labute approximate surface area is 180 Å². The highest BCUT2D eigenvalue weighted by molar-refractivity contribution is 9.10. The van der Waals surface area contributed by atoms with Crippen molar-refractivity contribution < 1.29 is 18.3 Å². The van der Waals surface area contributed by atoms with Crippen LogP contribution in [0.3, 0.4) is 0 Å². The first-order chi connectivity index (χ1) is 13.8. The van der Waals surface area contributed by atoms with Crippen molar-refractivity contribution in [1.82, 2.24) is 4.72 Å². The summed E-state index contributed by atoms with van der Waals surface area (Å²) in [6, 6.07) is 7.69. The summed E-state index contributed by atoms with van der Waals surface area (Å²) in [5.41, 5.74) is 2.97. The van der Waals surface area contributed by atoms with Crippen LogP contribution < -0.4 is 4.72 Å². The van der Waals surface area contributed by atoms with Gasteiger partial charge in [0.1, 0.15) is 0 Å². The predicted molar refractivity (Wildman–Crippen MR) is 118 cm³/mol. The number of aryl methyl sites for hydroxylation is 1. The fourth-order valence-corrected chi connectivity index (χ4v) is 5.32. The molecule has 5 nitrogen and oxygen atoms in total. The highest BCUT2D eigenvalue weighted by atomic mass is 79.9. The molecule has 2 atom stereocenters. The van der Waals surface area contributed by atoms with Crippen LogP contribution >= 0.6 is 15.9 Å². The van der Waals surface area contributed by atoms with Gasteiger partial charge in [-0.15, -0.1) is 0 Å². The number of allylic oxidation sites excluding steroid dienone is 5. The molecule has 0 fully saturated rings. The van der Waals surface area contributed by atoms with Gasteiger partial charge in [0.25, 0.3) is 0 Å². The van der Waals surface area contributed by atoms with Gasteiger partial charge in [-0.05, 0) is 55.4 Å². The van der Waals surface area contributed by atoms with Crippen LogP contribution in [0.15, 0.2) is 64.3 Å². The maximum absolute atomic E-state index is 12.7. The monoisotopic (exact) mass is 479 g/mol. The molecule has 0 aromatic heterocycles. The number of rotatable bonds is 11. The standard InChI is InChI=1S/C22H26BrNO4S/c23-19-11-7-16(8-12-19)13-14-29(27,28)24-22-18-10-9-17(15-18)20(22)5-3-1-2-4-6-21(25)26/h1,3,7-12,17-18,24H,2,4-6,13-15H2,(H,25,26). The molecule has 3 rings (SSSR count). The second-order valence-corrected chi connectivity index (χ2v) is 10.3. The zero-order valence-corrected chi connectivity index (χ0v) is 18.6. The fraction of sp³-hybridized carbons (Fsp3) is 0.409. The molecule has 2 bridgehead atoms. The second-order valence-electron chi connectivity index (χ2n) is 7.53. The first-order valence-electron chi connectivity index (χ1n) is 9.87. The van der Waals surface area contributed by atoms with E-state index in [9.17, 15) is 13.2 Å². The van der Waals surface area contributed by atoms with Crippen LogP contribution in [0.25, 0.3) is 0 Å². The van der Waals surface area contributed by atoms with E-state index >= 15 is 0 Å². The maximum atomic E-state index is 12.7. The van der Waals surface area contributed by atoms with E-state index in [1.807, 2.05) is 36.4 Å². The number of carbonyl (C=O) groups is 1. The third kappa shape index (κ3) is 6.31. The molecule has 0 amide bonds. The van der Waals surface area contributed by atoms with E-state index in [2.05, 4.69) is 32.8 Å². The number of hydrogen-bond donors (Lipinski definition) is 2. The predicted octanol–water partition coefficient (Wildman–Crippen LogP) is 4.57. The third-order valence-corrected chi connectivity index (χ3v) is 7.15. The topological polar surface area (TPSA) is 83.5 Å². The van der Waals surface area contributed by atoms with Crippen molar-refractivity contribution in [3.63, 3.8) is 0 Å². The first kappa shape index (κ1) is 21.8. The second kappa shape index (κ2) is 9.76. The number of carboxylic acids is 1. The minimum absolute atomic E-state index is 0.0531. The Morgan fingerprint density at radius 3 is 2.62 bits per heavy atom. The van der Waals surface area contributed by atoms with Crippen LogP contribution in [-0.2, 0) is 21.2 Å². The highest BCUT2D eigenvalue weighted by Gasteiger charge is 2.36. The molecule has 156 valence electrons. The van der Waals surface area contributed by atoms with Gasteiger partial charge in [-0.3, -0.25) is 9.52 Å². The molecule has 0 aliphatic heterocycles. The highest BCUT2D eigenvalue weighted by Crippen LogP contribution is 2.44. The van der Waals surface area contributed by atoms with E-state index in [1.165, 1.54) is 0 Å². The summed E-state index contributed by atoms with van der Waals surface area (Å²) in [4.78, 5) is 10.6. The number of sulfonamides is 1. The van der Waals surface area contributed by atoms with E-state index in [4.69, 9.17) is 5.11 Å². The van der Waals surface area contributed by atoms with Crippen molar-refractivity contribution in [2.75, 3.05) is 5.75 Å². The van der Waals surface area contributed by atoms with E-state index < -0.39 is 16.0 Å². The van der Waals surface area contributed by atoms with Crippen molar-refractivity contribution >= 4 is 31.9 Å². The van der Waals surface area contributed by atoms with Gasteiger partial charge < -0.3 is 5.11 Å². The molecule has 2 aliphatic rings. The summed E-state index contributed by atoms with van der Waals surface area (Å²) in [5.74, 6) is -0.276. The molecule has 1 aromatic carbocycles. The van der Waals surface area contributed by atoms with Crippen LogP contribution in [0.4, 0.5) is 0 Å². The van der Waals surface area contributed by atoms with E-state index in [0.29, 0.717) is 25.2 Å². The molecule has 1 aromatic rings. The fourth-order valence-electron chi connectivity index (χ4n) is 3.83. The minimum atomic E-state index is -3.42. The zero-order valence-electron chi connectivity index (χ0n) is 16.2. The molecule has 0 saturated carbocycles. The van der Waals surface area contributed by atoms with Crippen LogP contribution in [0.5, 0.6) is 0 Å². The Balaban J connectivity index is 1.59. The Morgan fingerprint density at radius 2 is 1.90 bits per heavy atom. The van der Waals surface area contributed by atoms with Crippen molar-refractivity contribution in [2.45, 2.75) is 38.5 Å². The van der Waals surface area contributed by atoms with Crippen LogP contribution in [0, 0.1) is 11.8 Å². The summed E-state index contributed by atoms with van der Waals surface area (Å²) in [7, 11) is -3.42. The quantitative estimate of drug-likeness (QED) is 0.359. The first-order valence-corrected chi connectivity index (χ1v) is 12.3. The maximum Gasteiger partial charge on any atom is 0.303 e. The lowest BCUT2D eigenvalue weighted by Crippen LogP contribution is -2.29. The number of aliphatic carboxylic acids is 1. The van der Waals surface area contributed by atoms with Crippen LogP contribution in [0.1, 0.15) is 37.7 Å². The van der Waals surface area contributed by atoms with Crippen LogP contribution in [-0.4, -0.2) is 25.2 Å². The summed E-state index contributed by atoms with van der Waals surface area (Å²) >= 11 is 3.39. The molecule has 2 N–H and O–H groups in total. The molecule has 2 aliphatic carbocycles. The average molecular weight is 480 g/mol. The number of halogens is 1. The molecule has 0 heterocycles. The zero-order chi connectivity index (χ0) is 20.9. The molecular weight excluding hydrogens is 454 g/mol. The van der Waals surface area contributed by atoms with Gasteiger partial charge in [-0.25, -0.2) is 8.42 Å². The Kier molecular flexibility index (Phi) is 7.35. The van der Waals surface area contributed by atoms with Crippen LogP contribution in [0.2, 0.25) is 0 Å². The SMILES string of the molecule is O=C(O)CCCC=CCC1=C(NS(=O)(=O)CCc2ccc(Br)cc2)C2C=CC1C2. The minimum Gasteiger partial charge on any atom is -0.481 e. The number of fused-ring (bicyclic) bond motifs is 2. The molecular formula is C22H26BrNO4S. The Hall–Kier alpha value is -1.86. The average Bonchev–Trinajstić information content (AvgIpc) is 3.26. The normalized spacial score (nSPS) is 20.7. The van der Waals surface area contributed by atoms with Crippen molar-refractivity contribution in [3.8, 4) is 0 Å². The molecule has 7 heteroatoms. The number of unbranched alkanes of at least 4 members (excludes halogenated alkanes) is 1. The lowest BCUT2D eigenvalue weighted by Gasteiger charge is -2.17. The smallest absolute Gasteiger partial charge is 0.303 e. The molecule has 0 saturated heterocycles. The summed E-state index contributed by atoms with van der Waals surface area (Å²) in [6.45, 7) is 0. The Morgan fingerprint density at radius 1 is 1.17 bits per heavy atom. The molecule has 29 heavy (non-hydrogen) atoms. The summed E-state index contributed by atoms with van der Waals surface area (Å²) in [6.07, 6.45) is 11.9. The van der Waals surface area contributed by atoms with E-state index in [-0.39, 0.29) is 18.1 Å². The van der Waals surface area contributed by atoms with E-state index in [0.717, 1.165) is 34.1 Å². The largest absolute Gasteiger partial charge is 0.481 e. The van der Waals surface area contributed by atoms with Gasteiger partial charge in [-0.1, -0.05) is 52.4 Å². The lowest BCUT2D eigenvalue weighted by molar-refractivity contribution is -0.137. The summed E-state index contributed by atoms with van der Waals surface area (Å²) < 4.78 is 29.2. The Bertz CT molecular complexity index is 932. The van der Waals surface area contributed by atoms with Crippen molar-refractivity contribution in [1.29, 1.82) is 0 Å². The van der Waals surface area contributed by atoms with Gasteiger partial charge >= 0.3 is 5.97 Å².